The van der Waals surface area contributed by atoms with Gasteiger partial charge in [-0.3, -0.25) is 0 Å². The number of hydrogen-bond acceptors (Lipinski definition) is 4. The number of aromatic nitrogens is 1. The Hall–Kier alpha value is -1.03. The standard InChI is InChI=1S/C8H12N2O2/c1-11-8-5-7(12-10-8)6-3-2-4-9-6/h5-6,9H,2-4H2,1H3. The second-order valence-electron chi connectivity index (χ2n) is 2.92. The van der Waals surface area contributed by atoms with E-state index < -0.39 is 0 Å². The number of methoxy groups -OCH3 is 1. The topological polar surface area (TPSA) is 47.3 Å². The van der Waals surface area contributed by atoms with Crippen molar-refractivity contribution in [2.45, 2.75) is 18.9 Å². The van der Waals surface area contributed by atoms with Gasteiger partial charge in [-0.1, -0.05) is 0 Å². The largest absolute Gasteiger partial charge is 0.479 e. The lowest BCUT2D eigenvalue weighted by atomic mass is 10.2. The first-order chi connectivity index (χ1) is 5.90. The minimum absolute atomic E-state index is 0.335. The average molecular weight is 168 g/mol. The first-order valence-electron chi connectivity index (χ1n) is 4.14. The van der Waals surface area contributed by atoms with Gasteiger partial charge in [0, 0.05) is 6.07 Å². The van der Waals surface area contributed by atoms with E-state index in [2.05, 4.69) is 10.5 Å². The zero-order valence-electron chi connectivity index (χ0n) is 7.04. The Labute approximate surface area is 70.9 Å². The normalized spacial score (nSPS) is 22.9. The summed E-state index contributed by atoms with van der Waals surface area (Å²) in [4.78, 5) is 0. The summed E-state index contributed by atoms with van der Waals surface area (Å²) in [5.74, 6) is 1.43. The molecule has 2 rings (SSSR count). The summed E-state index contributed by atoms with van der Waals surface area (Å²) in [6.07, 6.45) is 2.33. The molecule has 0 radical (unpaired) electrons. The highest BCUT2D eigenvalue weighted by Crippen LogP contribution is 2.25. The van der Waals surface area contributed by atoms with Gasteiger partial charge in [-0.25, -0.2) is 0 Å². The number of rotatable bonds is 2. The molecule has 0 saturated carbocycles. The van der Waals surface area contributed by atoms with Gasteiger partial charge in [-0.05, 0) is 24.5 Å². The van der Waals surface area contributed by atoms with Crippen LogP contribution in [0.15, 0.2) is 10.6 Å². The van der Waals surface area contributed by atoms with Crippen LogP contribution < -0.4 is 10.1 Å². The van der Waals surface area contributed by atoms with Crippen LogP contribution >= 0.6 is 0 Å². The fourth-order valence-electron chi connectivity index (χ4n) is 1.46. The van der Waals surface area contributed by atoms with Gasteiger partial charge in [0.05, 0.1) is 13.2 Å². The zero-order chi connectivity index (χ0) is 8.39. The van der Waals surface area contributed by atoms with Crippen LogP contribution in [0, 0.1) is 0 Å². The van der Waals surface area contributed by atoms with E-state index in [9.17, 15) is 0 Å². The fraction of sp³-hybridized carbons (Fsp3) is 0.625. The van der Waals surface area contributed by atoms with Crippen molar-refractivity contribution in [2.75, 3.05) is 13.7 Å². The van der Waals surface area contributed by atoms with E-state index in [0.717, 1.165) is 18.7 Å². The van der Waals surface area contributed by atoms with E-state index in [1.54, 1.807) is 7.11 Å². The van der Waals surface area contributed by atoms with Crippen molar-refractivity contribution < 1.29 is 9.26 Å². The number of nitrogens with zero attached hydrogens (tertiary/aromatic N) is 1. The molecule has 1 aliphatic heterocycles. The molecule has 4 heteroatoms. The molecule has 1 aliphatic rings. The molecule has 0 amide bonds. The molecule has 1 atom stereocenters. The second-order valence-corrected chi connectivity index (χ2v) is 2.92. The summed E-state index contributed by atoms with van der Waals surface area (Å²) >= 11 is 0. The predicted molar refractivity (Wildman–Crippen MR) is 43.0 cm³/mol. The van der Waals surface area contributed by atoms with Gasteiger partial charge in [0.15, 0.2) is 5.76 Å². The smallest absolute Gasteiger partial charge is 0.254 e. The van der Waals surface area contributed by atoms with E-state index >= 15 is 0 Å². The summed E-state index contributed by atoms with van der Waals surface area (Å²) in [6.45, 7) is 1.06. The number of hydrogen-bond donors (Lipinski definition) is 1. The lowest BCUT2D eigenvalue weighted by molar-refractivity contribution is 0.313. The molecule has 0 spiro atoms. The molecular weight excluding hydrogens is 156 g/mol. The van der Waals surface area contributed by atoms with Crippen molar-refractivity contribution in [3.05, 3.63) is 11.8 Å². The van der Waals surface area contributed by atoms with E-state index in [0.29, 0.717) is 11.9 Å². The van der Waals surface area contributed by atoms with Gasteiger partial charge in [-0.15, -0.1) is 0 Å². The van der Waals surface area contributed by atoms with Crippen LogP contribution in [-0.4, -0.2) is 18.8 Å². The molecular formula is C8H12N2O2. The molecule has 1 aromatic rings. The maximum Gasteiger partial charge on any atom is 0.254 e. The minimum Gasteiger partial charge on any atom is -0.479 e. The molecule has 66 valence electrons. The highest BCUT2D eigenvalue weighted by atomic mass is 16.5. The number of nitrogens with one attached hydrogen (secondary N) is 1. The summed E-state index contributed by atoms with van der Waals surface area (Å²) in [7, 11) is 1.59. The van der Waals surface area contributed by atoms with Crippen molar-refractivity contribution >= 4 is 0 Å². The zero-order valence-corrected chi connectivity index (χ0v) is 7.04. The quantitative estimate of drug-likeness (QED) is 0.718. The third kappa shape index (κ3) is 1.30. The molecule has 1 N–H and O–H groups in total. The van der Waals surface area contributed by atoms with Gasteiger partial charge < -0.3 is 14.6 Å². The molecule has 2 heterocycles. The highest BCUT2D eigenvalue weighted by Gasteiger charge is 2.20. The first-order valence-corrected chi connectivity index (χ1v) is 4.14. The van der Waals surface area contributed by atoms with Crippen LogP contribution in [0.4, 0.5) is 0 Å². The third-order valence-electron chi connectivity index (χ3n) is 2.12. The van der Waals surface area contributed by atoms with Crippen LogP contribution in [0.25, 0.3) is 0 Å². The lowest BCUT2D eigenvalue weighted by Crippen LogP contribution is -2.11. The Morgan fingerprint density at radius 2 is 2.67 bits per heavy atom. The molecule has 0 aliphatic carbocycles. The average Bonchev–Trinajstić information content (AvgIpc) is 2.75. The summed E-state index contributed by atoms with van der Waals surface area (Å²) < 4.78 is 10.0. The van der Waals surface area contributed by atoms with Crippen LogP contribution in [0.2, 0.25) is 0 Å². The van der Waals surface area contributed by atoms with Crippen molar-refractivity contribution in [3.8, 4) is 5.88 Å². The Kier molecular flexibility index (Phi) is 1.99. The summed E-state index contributed by atoms with van der Waals surface area (Å²) in [5.41, 5.74) is 0. The van der Waals surface area contributed by atoms with Crippen molar-refractivity contribution in [1.82, 2.24) is 10.5 Å². The predicted octanol–water partition coefficient (Wildman–Crippen LogP) is 1.11. The maximum atomic E-state index is 5.10. The molecule has 1 unspecified atom stereocenters. The fourth-order valence-corrected chi connectivity index (χ4v) is 1.46. The van der Waals surface area contributed by atoms with Gasteiger partial charge in [0.1, 0.15) is 0 Å². The van der Waals surface area contributed by atoms with Crippen molar-refractivity contribution in [2.24, 2.45) is 0 Å². The van der Waals surface area contributed by atoms with Crippen LogP contribution in [0.3, 0.4) is 0 Å². The first kappa shape index (κ1) is 7.61. The Bertz CT molecular complexity index is 253. The molecule has 1 aromatic heterocycles. The lowest BCUT2D eigenvalue weighted by Gasteiger charge is -2.02. The Balaban J connectivity index is 2.11. The number of ether oxygens (including phenoxy) is 1. The Morgan fingerprint density at radius 1 is 1.75 bits per heavy atom. The molecule has 0 aromatic carbocycles. The van der Waals surface area contributed by atoms with Crippen LogP contribution in [-0.2, 0) is 0 Å². The molecule has 12 heavy (non-hydrogen) atoms. The van der Waals surface area contributed by atoms with E-state index in [1.165, 1.54) is 6.42 Å². The van der Waals surface area contributed by atoms with Gasteiger partial charge in [0.25, 0.3) is 5.88 Å². The van der Waals surface area contributed by atoms with Crippen LogP contribution in [0.5, 0.6) is 5.88 Å². The SMILES string of the molecule is COc1cc(C2CCCN2)on1. The van der Waals surface area contributed by atoms with Crippen LogP contribution in [0.1, 0.15) is 24.6 Å². The van der Waals surface area contributed by atoms with Gasteiger partial charge >= 0.3 is 0 Å². The van der Waals surface area contributed by atoms with E-state index in [1.807, 2.05) is 6.07 Å². The molecule has 1 fully saturated rings. The molecule has 1 saturated heterocycles. The van der Waals surface area contributed by atoms with Crippen molar-refractivity contribution in [3.63, 3.8) is 0 Å². The monoisotopic (exact) mass is 168 g/mol. The Morgan fingerprint density at radius 3 is 3.25 bits per heavy atom. The second kappa shape index (κ2) is 3.15. The van der Waals surface area contributed by atoms with E-state index in [4.69, 9.17) is 9.26 Å². The molecule has 4 nitrogen and oxygen atoms in total. The maximum absolute atomic E-state index is 5.10. The third-order valence-corrected chi connectivity index (χ3v) is 2.12. The summed E-state index contributed by atoms with van der Waals surface area (Å²) in [5, 5.41) is 7.06. The molecule has 0 bridgehead atoms. The summed E-state index contributed by atoms with van der Waals surface area (Å²) in [6, 6.07) is 2.17. The van der Waals surface area contributed by atoms with Gasteiger partial charge in [0.2, 0.25) is 0 Å². The van der Waals surface area contributed by atoms with Crippen molar-refractivity contribution in [1.29, 1.82) is 0 Å². The van der Waals surface area contributed by atoms with E-state index in [-0.39, 0.29) is 0 Å². The van der Waals surface area contributed by atoms with Gasteiger partial charge in [-0.2, -0.15) is 0 Å². The highest BCUT2D eigenvalue weighted by molar-refractivity contribution is 5.14. The minimum atomic E-state index is 0.335.